The topological polar surface area (TPSA) is 68.3 Å². The van der Waals surface area contributed by atoms with Crippen molar-refractivity contribution in [3.63, 3.8) is 0 Å². The molecule has 0 unspecified atom stereocenters. The molecule has 0 aromatic carbocycles. The maximum Gasteiger partial charge on any atom is 0.243 e. The molecule has 1 rings (SSSR count). The number of halogens is 2. The molecule has 1 heterocycles. The fourth-order valence-corrected chi connectivity index (χ4v) is 3.15. The molecule has 0 aliphatic rings. The summed E-state index contributed by atoms with van der Waals surface area (Å²) < 4.78 is 32.2. The zero-order valence-corrected chi connectivity index (χ0v) is 13.4. The lowest BCUT2D eigenvalue weighted by molar-refractivity contribution is 0.0276. The average molecular weight is 358 g/mol. The van der Waals surface area contributed by atoms with Crippen molar-refractivity contribution in [2.45, 2.75) is 24.3 Å². The number of rotatable bonds is 5. The lowest BCUT2D eigenvalue weighted by Crippen LogP contribution is -2.39. The highest BCUT2D eigenvalue weighted by Gasteiger charge is 2.24. The Labute approximate surface area is 120 Å². The minimum absolute atomic E-state index is 0.0644. The van der Waals surface area contributed by atoms with E-state index in [1.807, 2.05) is 0 Å². The highest BCUT2D eigenvalue weighted by Crippen LogP contribution is 2.22. The van der Waals surface area contributed by atoms with Crippen LogP contribution in [0.25, 0.3) is 0 Å². The number of nitrogens with zero attached hydrogens (tertiary/aromatic N) is 1. The van der Waals surface area contributed by atoms with Gasteiger partial charge in [0.15, 0.2) is 0 Å². The van der Waals surface area contributed by atoms with Crippen LogP contribution in [-0.4, -0.2) is 32.7 Å². The van der Waals surface area contributed by atoms with Gasteiger partial charge in [0.1, 0.15) is 10.0 Å². The standard InChI is InChI=1S/C10H14BrClN2O3S/c1-10(2,17-3)6-14-18(15,16)8-4-7(11)5-13-9(8)12/h4-5,14H,6H2,1-3H3. The highest BCUT2D eigenvalue weighted by atomic mass is 79.9. The number of aromatic nitrogens is 1. The van der Waals surface area contributed by atoms with Gasteiger partial charge in [-0.05, 0) is 35.8 Å². The van der Waals surface area contributed by atoms with Crippen molar-refractivity contribution in [1.29, 1.82) is 0 Å². The molecule has 1 aromatic rings. The molecule has 0 saturated heterocycles. The smallest absolute Gasteiger partial charge is 0.243 e. The van der Waals surface area contributed by atoms with Crippen LogP contribution in [-0.2, 0) is 14.8 Å². The predicted molar refractivity (Wildman–Crippen MR) is 73.2 cm³/mol. The van der Waals surface area contributed by atoms with E-state index in [9.17, 15) is 8.42 Å². The maximum absolute atomic E-state index is 12.1. The van der Waals surface area contributed by atoms with E-state index in [1.165, 1.54) is 19.4 Å². The molecule has 0 spiro atoms. The van der Waals surface area contributed by atoms with E-state index >= 15 is 0 Å². The molecule has 0 aliphatic heterocycles. The lowest BCUT2D eigenvalue weighted by atomic mass is 10.1. The average Bonchev–Trinajstić information content (AvgIpc) is 2.30. The van der Waals surface area contributed by atoms with E-state index in [0.717, 1.165) is 0 Å². The Kier molecular flexibility index (Phi) is 5.13. The minimum Gasteiger partial charge on any atom is -0.377 e. The SMILES string of the molecule is COC(C)(C)CNS(=O)(=O)c1cc(Br)cnc1Cl. The highest BCUT2D eigenvalue weighted by molar-refractivity contribution is 9.10. The number of sulfonamides is 1. The maximum atomic E-state index is 12.1. The van der Waals surface area contributed by atoms with E-state index in [0.29, 0.717) is 4.47 Å². The van der Waals surface area contributed by atoms with Crippen molar-refractivity contribution in [2.75, 3.05) is 13.7 Å². The number of hydrogen-bond donors (Lipinski definition) is 1. The lowest BCUT2D eigenvalue weighted by Gasteiger charge is -2.23. The summed E-state index contributed by atoms with van der Waals surface area (Å²) in [6, 6.07) is 1.40. The molecule has 0 bridgehead atoms. The van der Waals surface area contributed by atoms with Gasteiger partial charge in [0.05, 0.1) is 5.60 Å². The minimum atomic E-state index is -3.71. The Morgan fingerprint density at radius 1 is 1.56 bits per heavy atom. The monoisotopic (exact) mass is 356 g/mol. The van der Waals surface area contributed by atoms with E-state index < -0.39 is 15.6 Å². The van der Waals surface area contributed by atoms with Gasteiger partial charge in [0, 0.05) is 24.3 Å². The predicted octanol–water partition coefficient (Wildman–Crippen LogP) is 2.20. The van der Waals surface area contributed by atoms with Crippen LogP contribution in [0.4, 0.5) is 0 Å². The van der Waals surface area contributed by atoms with Crippen molar-refractivity contribution in [1.82, 2.24) is 9.71 Å². The molecule has 0 aliphatic carbocycles. The summed E-state index contributed by atoms with van der Waals surface area (Å²) in [5.74, 6) is 0. The molecule has 5 nitrogen and oxygen atoms in total. The number of nitrogens with one attached hydrogen (secondary N) is 1. The molecule has 0 fully saturated rings. The van der Waals surface area contributed by atoms with Gasteiger partial charge in [-0.15, -0.1) is 0 Å². The van der Waals surface area contributed by atoms with E-state index in [4.69, 9.17) is 16.3 Å². The third-order valence-corrected chi connectivity index (χ3v) is 4.57. The Morgan fingerprint density at radius 3 is 2.72 bits per heavy atom. The summed E-state index contributed by atoms with van der Waals surface area (Å²) >= 11 is 8.94. The molecule has 0 atom stereocenters. The number of hydrogen-bond acceptors (Lipinski definition) is 4. The fourth-order valence-electron chi connectivity index (χ4n) is 1.01. The molecule has 1 N–H and O–H groups in total. The van der Waals surface area contributed by atoms with Crippen LogP contribution in [0, 0.1) is 0 Å². The van der Waals surface area contributed by atoms with Crippen LogP contribution in [0.2, 0.25) is 5.15 Å². The van der Waals surface area contributed by atoms with Crippen molar-refractivity contribution < 1.29 is 13.2 Å². The van der Waals surface area contributed by atoms with Crippen molar-refractivity contribution >= 4 is 37.6 Å². The van der Waals surface area contributed by atoms with Gasteiger partial charge in [-0.25, -0.2) is 18.1 Å². The van der Waals surface area contributed by atoms with Gasteiger partial charge in [-0.1, -0.05) is 11.6 Å². The molecule has 0 amide bonds. The first kappa shape index (κ1) is 15.8. The van der Waals surface area contributed by atoms with Gasteiger partial charge in [0.25, 0.3) is 0 Å². The third-order valence-electron chi connectivity index (χ3n) is 2.30. The molecule has 102 valence electrons. The van der Waals surface area contributed by atoms with Crippen LogP contribution >= 0.6 is 27.5 Å². The molecule has 8 heteroatoms. The van der Waals surface area contributed by atoms with Gasteiger partial charge in [0.2, 0.25) is 10.0 Å². The van der Waals surface area contributed by atoms with Gasteiger partial charge in [-0.3, -0.25) is 0 Å². The molecule has 0 saturated carbocycles. The molecular weight excluding hydrogens is 344 g/mol. The van der Waals surface area contributed by atoms with Crippen LogP contribution in [0.3, 0.4) is 0 Å². The normalized spacial score (nSPS) is 12.7. The summed E-state index contributed by atoms with van der Waals surface area (Å²) in [7, 11) is -2.20. The van der Waals surface area contributed by atoms with Crippen LogP contribution in [0.15, 0.2) is 21.6 Å². The number of ether oxygens (including phenoxy) is 1. The summed E-state index contributed by atoms with van der Waals surface area (Å²) in [5.41, 5.74) is -0.598. The van der Waals surface area contributed by atoms with Gasteiger partial charge in [-0.2, -0.15) is 0 Å². The van der Waals surface area contributed by atoms with Crippen molar-refractivity contribution in [3.8, 4) is 0 Å². The number of pyridine rings is 1. The van der Waals surface area contributed by atoms with Crippen molar-refractivity contribution in [2.24, 2.45) is 0 Å². The molecular formula is C10H14BrClN2O3S. The van der Waals surface area contributed by atoms with Crippen LogP contribution in [0.5, 0.6) is 0 Å². The Bertz CT molecular complexity index is 534. The quantitative estimate of drug-likeness (QED) is 0.820. The van der Waals surface area contributed by atoms with E-state index in [-0.39, 0.29) is 16.6 Å². The second kappa shape index (κ2) is 5.83. The van der Waals surface area contributed by atoms with Crippen molar-refractivity contribution in [3.05, 3.63) is 21.9 Å². The second-order valence-electron chi connectivity index (χ2n) is 4.23. The fraction of sp³-hybridized carbons (Fsp3) is 0.500. The summed E-state index contributed by atoms with van der Waals surface area (Å²) in [6.07, 6.45) is 1.43. The number of methoxy groups -OCH3 is 1. The summed E-state index contributed by atoms with van der Waals surface area (Å²) in [4.78, 5) is 3.71. The first-order valence-electron chi connectivity index (χ1n) is 5.04. The Morgan fingerprint density at radius 2 is 2.17 bits per heavy atom. The van der Waals surface area contributed by atoms with E-state index in [1.54, 1.807) is 13.8 Å². The zero-order valence-electron chi connectivity index (χ0n) is 10.2. The van der Waals surface area contributed by atoms with E-state index in [2.05, 4.69) is 25.6 Å². The van der Waals surface area contributed by atoms with Crippen LogP contribution < -0.4 is 4.72 Å². The van der Waals surface area contributed by atoms with Gasteiger partial charge >= 0.3 is 0 Å². The second-order valence-corrected chi connectivity index (χ2v) is 7.24. The molecule has 0 radical (unpaired) electrons. The summed E-state index contributed by atoms with van der Waals surface area (Å²) in [5, 5.41) is -0.0686. The third kappa shape index (κ3) is 4.17. The molecule has 18 heavy (non-hydrogen) atoms. The largest absolute Gasteiger partial charge is 0.377 e. The Balaban J connectivity index is 2.97. The summed E-state index contributed by atoms with van der Waals surface area (Å²) in [6.45, 7) is 3.68. The first-order valence-corrected chi connectivity index (χ1v) is 7.69. The zero-order chi connectivity index (χ0) is 14.0. The molecule has 1 aromatic heterocycles. The Hall–Kier alpha value is -0.210. The van der Waals surface area contributed by atoms with Crippen LogP contribution in [0.1, 0.15) is 13.8 Å². The van der Waals surface area contributed by atoms with Gasteiger partial charge < -0.3 is 4.74 Å². The first-order chi connectivity index (χ1) is 8.18.